The number of phenols is 1. The minimum absolute atomic E-state index is 0.103. The third-order valence-corrected chi connectivity index (χ3v) is 5.11. The quantitative estimate of drug-likeness (QED) is 0.477. The van der Waals surface area contributed by atoms with Crippen LogP contribution in [0.2, 0.25) is 0 Å². The van der Waals surface area contributed by atoms with Crippen LogP contribution in [0.5, 0.6) is 5.75 Å². The van der Waals surface area contributed by atoms with Crippen LogP contribution in [0.3, 0.4) is 0 Å². The zero-order chi connectivity index (χ0) is 19.5. The molecule has 2 aromatic heterocycles. The Hall–Kier alpha value is -3.26. The van der Waals surface area contributed by atoms with E-state index in [1.165, 1.54) is 17.8 Å². The third-order valence-electron chi connectivity index (χ3n) is 4.14. The van der Waals surface area contributed by atoms with Gasteiger partial charge >= 0.3 is 0 Å². The van der Waals surface area contributed by atoms with Crippen molar-refractivity contribution in [2.75, 3.05) is 11.1 Å². The number of anilines is 1. The number of rotatable bonds is 6. The predicted molar refractivity (Wildman–Crippen MR) is 108 cm³/mol. The third kappa shape index (κ3) is 3.72. The van der Waals surface area contributed by atoms with Crippen LogP contribution in [0.4, 0.5) is 5.69 Å². The van der Waals surface area contributed by atoms with E-state index in [1.54, 1.807) is 18.2 Å². The molecule has 0 atom stereocenters. The number of aromatic hydroxyl groups is 1. The molecule has 2 aromatic carbocycles. The molecular weight excluding hydrogens is 376 g/mol. The summed E-state index contributed by atoms with van der Waals surface area (Å²) in [5, 5.41) is 22.4. The first-order valence-corrected chi connectivity index (χ1v) is 9.76. The molecule has 0 unspecified atom stereocenters. The Morgan fingerprint density at radius 2 is 2.04 bits per heavy atom. The molecule has 8 heteroatoms. The van der Waals surface area contributed by atoms with Crippen LogP contribution in [0.1, 0.15) is 6.92 Å². The molecule has 0 bridgehead atoms. The van der Waals surface area contributed by atoms with E-state index in [0.717, 1.165) is 11.0 Å². The standard InChI is InChI=1S/C20H18N4O3S/c1-2-24-19(17-10-13-6-3-4-9-16(13)27-17)22-23-20(24)28-12-18(26)21-14-7-5-8-15(25)11-14/h3-11,25H,2,12H2,1H3,(H,21,26). The Morgan fingerprint density at radius 3 is 2.82 bits per heavy atom. The number of hydrogen-bond donors (Lipinski definition) is 2. The smallest absolute Gasteiger partial charge is 0.234 e. The second-order valence-electron chi connectivity index (χ2n) is 6.09. The number of aromatic nitrogens is 3. The van der Waals surface area contributed by atoms with Gasteiger partial charge in [0.25, 0.3) is 0 Å². The number of nitrogens with one attached hydrogen (secondary N) is 1. The summed E-state index contributed by atoms with van der Waals surface area (Å²) in [4.78, 5) is 12.2. The van der Waals surface area contributed by atoms with Crippen LogP contribution >= 0.6 is 11.8 Å². The zero-order valence-corrected chi connectivity index (χ0v) is 15.9. The highest BCUT2D eigenvalue weighted by atomic mass is 32.2. The second-order valence-corrected chi connectivity index (χ2v) is 7.03. The normalized spacial score (nSPS) is 11.0. The Labute approximate surface area is 165 Å². The number of furan rings is 1. The molecule has 2 N–H and O–H groups in total. The molecule has 142 valence electrons. The average Bonchev–Trinajstić information content (AvgIpc) is 3.29. The highest BCUT2D eigenvalue weighted by Gasteiger charge is 2.17. The fourth-order valence-corrected chi connectivity index (χ4v) is 3.67. The minimum atomic E-state index is -0.188. The summed E-state index contributed by atoms with van der Waals surface area (Å²) >= 11 is 1.30. The maximum atomic E-state index is 12.2. The summed E-state index contributed by atoms with van der Waals surface area (Å²) in [5.41, 5.74) is 1.34. The fraction of sp³-hybridized carbons (Fsp3) is 0.150. The summed E-state index contributed by atoms with van der Waals surface area (Å²) < 4.78 is 7.81. The van der Waals surface area contributed by atoms with Crippen molar-refractivity contribution in [2.45, 2.75) is 18.6 Å². The van der Waals surface area contributed by atoms with Gasteiger partial charge in [-0.05, 0) is 31.2 Å². The van der Waals surface area contributed by atoms with E-state index in [4.69, 9.17) is 4.42 Å². The number of carbonyl (C=O) groups is 1. The maximum Gasteiger partial charge on any atom is 0.234 e. The second kappa shape index (κ2) is 7.77. The number of fused-ring (bicyclic) bond motifs is 1. The molecule has 0 radical (unpaired) electrons. The van der Waals surface area contributed by atoms with E-state index < -0.39 is 0 Å². The van der Waals surface area contributed by atoms with Gasteiger partial charge in [0.15, 0.2) is 10.9 Å². The van der Waals surface area contributed by atoms with Crippen LogP contribution in [0, 0.1) is 0 Å². The number of nitrogens with zero attached hydrogens (tertiary/aromatic N) is 3. The van der Waals surface area contributed by atoms with Crippen LogP contribution in [0.25, 0.3) is 22.6 Å². The molecule has 0 aliphatic carbocycles. The van der Waals surface area contributed by atoms with Crippen molar-refractivity contribution in [3.05, 3.63) is 54.6 Å². The van der Waals surface area contributed by atoms with Crippen molar-refractivity contribution in [3.63, 3.8) is 0 Å². The molecule has 4 rings (SSSR count). The summed E-state index contributed by atoms with van der Waals surface area (Å²) in [6.07, 6.45) is 0. The van der Waals surface area contributed by atoms with Crippen LogP contribution in [-0.4, -0.2) is 31.5 Å². The Morgan fingerprint density at radius 1 is 1.18 bits per heavy atom. The Bertz CT molecular complexity index is 1100. The van der Waals surface area contributed by atoms with E-state index >= 15 is 0 Å². The van der Waals surface area contributed by atoms with Gasteiger partial charge in [0, 0.05) is 23.7 Å². The van der Waals surface area contributed by atoms with Crippen LogP contribution in [-0.2, 0) is 11.3 Å². The van der Waals surface area contributed by atoms with Crippen molar-refractivity contribution in [1.82, 2.24) is 14.8 Å². The number of thioether (sulfide) groups is 1. The van der Waals surface area contributed by atoms with Gasteiger partial charge in [0.05, 0.1) is 5.75 Å². The molecule has 4 aromatic rings. The topological polar surface area (TPSA) is 93.2 Å². The SMILES string of the molecule is CCn1c(SCC(=O)Nc2cccc(O)c2)nnc1-c1cc2ccccc2o1. The van der Waals surface area contributed by atoms with Gasteiger partial charge in [-0.2, -0.15) is 0 Å². The van der Waals surface area contributed by atoms with Gasteiger partial charge in [-0.3, -0.25) is 9.36 Å². The van der Waals surface area contributed by atoms with E-state index in [1.807, 2.05) is 41.8 Å². The summed E-state index contributed by atoms with van der Waals surface area (Å²) in [7, 11) is 0. The molecule has 1 amide bonds. The van der Waals surface area contributed by atoms with Gasteiger partial charge < -0.3 is 14.8 Å². The molecule has 0 saturated carbocycles. The van der Waals surface area contributed by atoms with E-state index in [2.05, 4.69) is 15.5 Å². The number of amides is 1. The molecule has 0 saturated heterocycles. The molecule has 7 nitrogen and oxygen atoms in total. The number of para-hydroxylation sites is 1. The number of phenolic OH excluding ortho intramolecular Hbond substituents is 1. The van der Waals surface area contributed by atoms with Crippen molar-refractivity contribution in [3.8, 4) is 17.3 Å². The lowest BCUT2D eigenvalue weighted by Crippen LogP contribution is -2.14. The van der Waals surface area contributed by atoms with Crippen molar-refractivity contribution >= 4 is 34.3 Å². The maximum absolute atomic E-state index is 12.2. The van der Waals surface area contributed by atoms with E-state index in [0.29, 0.717) is 29.0 Å². The molecule has 2 heterocycles. The van der Waals surface area contributed by atoms with Gasteiger partial charge in [-0.1, -0.05) is 36.0 Å². The van der Waals surface area contributed by atoms with Crippen molar-refractivity contribution in [2.24, 2.45) is 0 Å². The molecule has 0 spiro atoms. The number of carbonyl (C=O) groups excluding carboxylic acids is 1. The molecule has 0 fully saturated rings. The monoisotopic (exact) mass is 394 g/mol. The van der Waals surface area contributed by atoms with Gasteiger partial charge in [0.2, 0.25) is 11.7 Å². The Balaban J connectivity index is 1.49. The minimum Gasteiger partial charge on any atom is -0.508 e. The van der Waals surface area contributed by atoms with E-state index in [9.17, 15) is 9.90 Å². The summed E-state index contributed by atoms with van der Waals surface area (Å²) in [5.74, 6) is 1.37. The lowest BCUT2D eigenvalue weighted by Gasteiger charge is -2.07. The zero-order valence-electron chi connectivity index (χ0n) is 15.1. The average molecular weight is 394 g/mol. The lowest BCUT2D eigenvalue weighted by atomic mass is 10.2. The number of benzene rings is 2. The number of hydrogen-bond acceptors (Lipinski definition) is 6. The first-order valence-electron chi connectivity index (χ1n) is 8.78. The highest BCUT2D eigenvalue weighted by molar-refractivity contribution is 7.99. The molecule has 28 heavy (non-hydrogen) atoms. The highest BCUT2D eigenvalue weighted by Crippen LogP contribution is 2.29. The Kier molecular flexibility index (Phi) is 5.03. The van der Waals surface area contributed by atoms with Crippen LogP contribution in [0.15, 0.2) is 64.2 Å². The summed E-state index contributed by atoms with van der Waals surface area (Å²) in [6.45, 7) is 2.64. The lowest BCUT2D eigenvalue weighted by molar-refractivity contribution is -0.113. The summed E-state index contributed by atoms with van der Waals surface area (Å²) in [6, 6.07) is 16.1. The van der Waals surface area contributed by atoms with Gasteiger partial charge in [0.1, 0.15) is 11.3 Å². The fourth-order valence-electron chi connectivity index (χ4n) is 2.87. The van der Waals surface area contributed by atoms with Gasteiger partial charge in [-0.15, -0.1) is 10.2 Å². The van der Waals surface area contributed by atoms with Crippen LogP contribution < -0.4 is 5.32 Å². The van der Waals surface area contributed by atoms with Gasteiger partial charge in [-0.25, -0.2) is 0 Å². The molecule has 0 aliphatic rings. The van der Waals surface area contributed by atoms with Crippen molar-refractivity contribution in [1.29, 1.82) is 0 Å². The molecule has 0 aliphatic heterocycles. The largest absolute Gasteiger partial charge is 0.508 e. The van der Waals surface area contributed by atoms with Crippen molar-refractivity contribution < 1.29 is 14.3 Å². The predicted octanol–water partition coefficient (Wildman–Crippen LogP) is 4.15. The first-order chi connectivity index (χ1) is 13.6. The first kappa shape index (κ1) is 18.1. The molecular formula is C20H18N4O3S. The van der Waals surface area contributed by atoms with E-state index in [-0.39, 0.29) is 17.4 Å².